The summed E-state index contributed by atoms with van der Waals surface area (Å²) >= 11 is 0. The van der Waals surface area contributed by atoms with Crippen LogP contribution < -0.4 is 14.4 Å². The molecule has 2 aliphatic rings. The van der Waals surface area contributed by atoms with Gasteiger partial charge in [-0.15, -0.1) is 0 Å². The van der Waals surface area contributed by atoms with Crippen molar-refractivity contribution in [3.63, 3.8) is 0 Å². The van der Waals surface area contributed by atoms with Crippen molar-refractivity contribution in [2.45, 2.75) is 52.1 Å². The number of imide groups is 2. The van der Waals surface area contributed by atoms with Gasteiger partial charge in [0, 0.05) is 11.6 Å². The number of urea groups is 1. The number of carbonyl (C=O) groups is 3. The third-order valence-electron chi connectivity index (χ3n) is 5.94. The Morgan fingerprint density at radius 2 is 1.83 bits per heavy atom. The maximum absolute atomic E-state index is 12.9. The zero-order valence-corrected chi connectivity index (χ0v) is 18.3. The third-order valence-corrected chi connectivity index (χ3v) is 5.94. The second-order valence-corrected chi connectivity index (χ2v) is 8.23. The Labute approximate surface area is 177 Å². The van der Waals surface area contributed by atoms with Crippen molar-refractivity contribution in [1.82, 2.24) is 9.80 Å². The van der Waals surface area contributed by atoms with E-state index in [2.05, 4.69) is 0 Å². The van der Waals surface area contributed by atoms with E-state index in [1.54, 1.807) is 7.11 Å². The number of methoxy groups -OCH3 is 1. The standard InChI is InChI=1S/C22H31N3O5/c1-5-30-18-11-10-16(12-19(18)29-4)13-23(3)14-24-20(26)21(27)25(22(24)28)17-9-7-6-8-15(17)2/h10-12,15,17H,5-9,13-14H2,1-4H3/p+1/t15-,17+/m0/s1. The first-order valence-electron chi connectivity index (χ1n) is 10.7. The lowest BCUT2D eigenvalue weighted by Crippen LogP contribution is -3.09. The number of nitrogens with one attached hydrogen (secondary N) is 1. The topological polar surface area (TPSA) is 80.6 Å². The fourth-order valence-corrected chi connectivity index (χ4v) is 4.41. The van der Waals surface area contributed by atoms with Crippen LogP contribution in [0.1, 0.15) is 45.1 Å². The molecule has 3 atom stereocenters. The number of rotatable bonds is 8. The highest BCUT2D eigenvalue weighted by Crippen LogP contribution is 2.31. The predicted octanol–water partition coefficient (Wildman–Crippen LogP) is 1.44. The van der Waals surface area contributed by atoms with Crippen LogP contribution in [-0.2, 0) is 16.1 Å². The van der Waals surface area contributed by atoms with Crippen molar-refractivity contribution >= 4 is 17.8 Å². The summed E-state index contributed by atoms with van der Waals surface area (Å²) in [6.07, 6.45) is 3.82. The van der Waals surface area contributed by atoms with Gasteiger partial charge in [-0.25, -0.2) is 9.69 Å². The summed E-state index contributed by atoms with van der Waals surface area (Å²) in [7, 11) is 3.48. The quantitative estimate of drug-likeness (QED) is 0.510. The number of carbonyl (C=O) groups excluding carboxylic acids is 3. The van der Waals surface area contributed by atoms with Crippen molar-refractivity contribution in [2.75, 3.05) is 27.4 Å². The number of nitrogens with zero attached hydrogens (tertiary/aromatic N) is 2. The molecule has 1 N–H and O–H groups in total. The molecule has 1 aromatic carbocycles. The van der Waals surface area contributed by atoms with Crippen LogP contribution in [-0.4, -0.2) is 61.1 Å². The highest BCUT2D eigenvalue weighted by Gasteiger charge is 2.50. The molecule has 1 aliphatic carbocycles. The zero-order valence-electron chi connectivity index (χ0n) is 18.3. The Kier molecular flexibility index (Phi) is 6.97. The molecule has 4 amide bonds. The first kappa shape index (κ1) is 22.1. The molecule has 0 radical (unpaired) electrons. The summed E-state index contributed by atoms with van der Waals surface area (Å²) in [5, 5.41) is 0. The number of ether oxygens (including phenoxy) is 2. The highest BCUT2D eigenvalue weighted by molar-refractivity contribution is 6.44. The molecule has 1 unspecified atom stereocenters. The molecule has 2 fully saturated rings. The van der Waals surface area contributed by atoms with E-state index in [1.807, 2.05) is 39.1 Å². The molecular weight excluding hydrogens is 386 g/mol. The van der Waals surface area contributed by atoms with Crippen LogP contribution in [0.15, 0.2) is 18.2 Å². The minimum absolute atomic E-state index is 0.135. The molecule has 0 aromatic heterocycles. The Balaban J connectivity index is 1.67. The monoisotopic (exact) mass is 418 g/mol. The second kappa shape index (κ2) is 9.47. The molecule has 1 aromatic rings. The van der Waals surface area contributed by atoms with Gasteiger partial charge < -0.3 is 14.4 Å². The van der Waals surface area contributed by atoms with Crippen LogP contribution in [0.5, 0.6) is 11.5 Å². The lowest BCUT2D eigenvalue weighted by atomic mass is 9.85. The van der Waals surface area contributed by atoms with Crippen LogP contribution in [0.25, 0.3) is 0 Å². The summed E-state index contributed by atoms with van der Waals surface area (Å²) in [6, 6.07) is 5.03. The van der Waals surface area contributed by atoms with Gasteiger partial charge in [0.2, 0.25) is 0 Å². The third kappa shape index (κ3) is 4.43. The number of benzene rings is 1. The fraction of sp³-hybridized carbons (Fsp3) is 0.591. The van der Waals surface area contributed by atoms with Crippen LogP contribution in [0, 0.1) is 5.92 Å². The van der Waals surface area contributed by atoms with Crippen LogP contribution in [0.2, 0.25) is 0 Å². The summed E-state index contributed by atoms with van der Waals surface area (Å²) in [5.41, 5.74) is 0.982. The zero-order chi connectivity index (χ0) is 21.8. The molecule has 1 saturated heterocycles. The maximum Gasteiger partial charge on any atom is 0.338 e. The summed E-state index contributed by atoms with van der Waals surface area (Å²) in [4.78, 5) is 41.3. The van der Waals surface area contributed by atoms with Gasteiger partial charge in [0.25, 0.3) is 0 Å². The molecule has 8 heteroatoms. The number of hydrogen-bond donors (Lipinski definition) is 1. The molecule has 1 aliphatic heterocycles. The SMILES string of the molecule is CCOc1ccc(C[NH+](C)CN2C(=O)C(=O)N([C@@H]3CCCC[C@@H]3C)C2=O)cc1OC. The summed E-state index contributed by atoms with van der Waals surface area (Å²) < 4.78 is 10.9. The normalized spacial score (nSPS) is 23.1. The van der Waals surface area contributed by atoms with Crippen LogP contribution in [0.3, 0.4) is 0 Å². The van der Waals surface area contributed by atoms with Gasteiger partial charge in [-0.3, -0.25) is 14.5 Å². The molecule has 3 rings (SSSR count). The van der Waals surface area contributed by atoms with Crippen molar-refractivity contribution in [2.24, 2.45) is 5.92 Å². The Morgan fingerprint density at radius 1 is 1.10 bits per heavy atom. The Morgan fingerprint density at radius 3 is 2.50 bits per heavy atom. The molecule has 30 heavy (non-hydrogen) atoms. The van der Waals surface area contributed by atoms with Gasteiger partial charge in [0.1, 0.15) is 6.54 Å². The van der Waals surface area contributed by atoms with E-state index in [-0.39, 0.29) is 18.6 Å². The molecule has 164 valence electrons. The summed E-state index contributed by atoms with van der Waals surface area (Å²) in [5.74, 6) is 0.133. The van der Waals surface area contributed by atoms with Crippen molar-refractivity contribution in [3.05, 3.63) is 23.8 Å². The van der Waals surface area contributed by atoms with Crippen molar-refractivity contribution in [1.29, 1.82) is 0 Å². The fourth-order valence-electron chi connectivity index (χ4n) is 4.41. The summed E-state index contributed by atoms with van der Waals surface area (Å²) in [6.45, 7) is 5.21. The smallest absolute Gasteiger partial charge is 0.338 e. The van der Waals surface area contributed by atoms with Gasteiger partial charge in [-0.2, -0.15) is 0 Å². The van der Waals surface area contributed by atoms with Crippen molar-refractivity contribution in [3.8, 4) is 11.5 Å². The van der Waals surface area contributed by atoms with E-state index >= 15 is 0 Å². The molecule has 1 saturated carbocycles. The average Bonchev–Trinajstić information content (AvgIpc) is 2.93. The van der Waals surface area contributed by atoms with E-state index in [1.165, 1.54) is 4.90 Å². The van der Waals surface area contributed by atoms with Gasteiger partial charge in [-0.1, -0.05) is 19.8 Å². The minimum atomic E-state index is -0.721. The van der Waals surface area contributed by atoms with Gasteiger partial charge in [-0.05, 0) is 43.9 Å². The number of amides is 4. The molecule has 1 heterocycles. The average molecular weight is 419 g/mol. The lowest BCUT2D eigenvalue weighted by Gasteiger charge is -2.34. The lowest BCUT2D eigenvalue weighted by molar-refractivity contribution is -0.901. The molecule has 8 nitrogen and oxygen atoms in total. The first-order valence-corrected chi connectivity index (χ1v) is 10.7. The minimum Gasteiger partial charge on any atom is -0.493 e. The van der Waals surface area contributed by atoms with E-state index in [9.17, 15) is 14.4 Å². The van der Waals surface area contributed by atoms with E-state index in [4.69, 9.17) is 9.47 Å². The molecule has 0 bridgehead atoms. The highest BCUT2D eigenvalue weighted by atomic mass is 16.5. The largest absolute Gasteiger partial charge is 0.493 e. The Bertz CT molecular complexity index is 812. The molecule has 0 spiro atoms. The van der Waals surface area contributed by atoms with E-state index < -0.39 is 17.8 Å². The van der Waals surface area contributed by atoms with Crippen molar-refractivity contribution < 1.29 is 28.8 Å². The maximum atomic E-state index is 12.9. The second-order valence-electron chi connectivity index (χ2n) is 8.23. The predicted molar refractivity (Wildman–Crippen MR) is 110 cm³/mol. The number of hydrogen-bond acceptors (Lipinski definition) is 5. The van der Waals surface area contributed by atoms with Crippen LogP contribution in [0.4, 0.5) is 4.79 Å². The Hall–Kier alpha value is -2.61. The van der Waals surface area contributed by atoms with Gasteiger partial charge in [0.15, 0.2) is 18.2 Å². The van der Waals surface area contributed by atoms with E-state index in [0.29, 0.717) is 24.7 Å². The van der Waals surface area contributed by atoms with E-state index in [0.717, 1.165) is 41.0 Å². The molecular formula is C22H32N3O5+. The van der Waals surface area contributed by atoms with Gasteiger partial charge in [0.05, 0.1) is 20.8 Å². The first-order chi connectivity index (χ1) is 14.4. The van der Waals surface area contributed by atoms with Crippen LogP contribution >= 0.6 is 0 Å². The number of quaternary nitrogens is 1. The van der Waals surface area contributed by atoms with Gasteiger partial charge >= 0.3 is 17.8 Å².